The van der Waals surface area contributed by atoms with Crippen LogP contribution in [0.25, 0.3) is 0 Å². The molecule has 3 unspecified atom stereocenters. The molecular weight excluding hydrogens is 386 g/mol. The number of rotatable bonds is 2. The third-order valence-corrected chi connectivity index (χ3v) is 8.25. The molecule has 1 aromatic carbocycles. The third-order valence-electron chi connectivity index (χ3n) is 7.36. The molecule has 3 aliphatic carbocycles. The van der Waals surface area contributed by atoms with Gasteiger partial charge in [-0.3, -0.25) is 9.35 Å². The number of fused-ring (bicyclic) bond motifs is 5. The van der Waals surface area contributed by atoms with E-state index in [-0.39, 0.29) is 21.9 Å². The molecule has 0 radical (unpaired) electrons. The van der Waals surface area contributed by atoms with Crippen LogP contribution in [0.5, 0.6) is 0 Å². The van der Waals surface area contributed by atoms with E-state index in [0.29, 0.717) is 17.8 Å². The van der Waals surface area contributed by atoms with E-state index in [1.165, 1.54) is 0 Å². The average Bonchev–Trinajstić information content (AvgIpc) is 3.01. The molecule has 0 bridgehead atoms. The Morgan fingerprint density at radius 3 is 2.62 bits per heavy atom. The van der Waals surface area contributed by atoms with E-state index >= 15 is 0 Å². The Hall–Kier alpha value is -1.66. The third kappa shape index (κ3) is 3.55. The summed E-state index contributed by atoms with van der Waals surface area (Å²) in [6, 6.07) is 3.41. The van der Waals surface area contributed by atoms with Gasteiger partial charge >= 0.3 is 0 Å². The van der Waals surface area contributed by atoms with Crippen LogP contribution in [-0.4, -0.2) is 18.9 Å². The molecule has 4 rings (SSSR count). The zero-order valence-electron chi connectivity index (χ0n) is 17.7. The van der Waals surface area contributed by atoms with Gasteiger partial charge in [0.2, 0.25) is 5.91 Å². The van der Waals surface area contributed by atoms with E-state index in [1.807, 2.05) is 6.07 Å². The number of aryl methyl sites for hydroxylation is 1. The average molecular weight is 418 g/mol. The molecule has 29 heavy (non-hydrogen) atoms. The van der Waals surface area contributed by atoms with Gasteiger partial charge in [0.15, 0.2) is 0 Å². The smallest absolute Gasteiger partial charge is 0.296 e. The molecule has 0 heterocycles. The van der Waals surface area contributed by atoms with Crippen molar-refractivity contribution in [2.24, 2.45) is 22.7 Å². The van der Waals surface area contributed by atoms with Gasteiger partial charge < -0.3 is 5.32 Å². The summed E-state index contributed by atoms with van der Waals surface area (Å²) in [5.74, 6) is 1.30. The SMILES string of the molecule is CC(C)(C)C(=O)Nc1cc2c(cc1S(=O)(=O)O)CCC1C2CC[C@]2(C)C=CCC12. The highest BCUT2D eigenvalue weighted by Gasteiger charge is 2.48. The van der Waals surface area contributed by atoms with Crippen LogP contribution in [-0.2, 0) is 21.3 Å². The highest BCUT2D eigenvalue weighted by atomic mass is 32.2. The lowest BCUT2D eigenvalue weighted by Crippen LogP contribution is -2.39. The predicted molar refractivity (Wildman–Crippen MR) is 113 cm³/mol. The highest BCUT2D eigenvalue weighted by Crippen LogP contribution is 2.58. The van der Waals surface area contributed by atoms with Gasteiger partial charge in [-0.15, -0.1) is 0 Å². The molecule has 0 aliphatic heterocycles. The number of hydrogen-bond donors (Lipinski definition) is 2. The van der Waals surface area contributed by atoms with Gasteiger partial charge in [-0.05, 0) is 78.5 Å². The van der Waals surface area contributed by atoms with Gasteiger partial charge in [-0.1, -0.05) is 39.8 Å². The normalized spacial score (nSPS) is 31.0. The highest BCUT2D eigenvalue weighted by molar-refractivity contribution is 7.86. The summed E-state index contributed by atoms with van der Waals surface area (Å²) >= 11 is 0. The van der Waals surface area contributed by atoms with Crippen LogP contribution in [0.15, 0.2) is 29.2 Å². The lowest BCUT2D eigenvalue weighted by molar-refractivity contribution is -0.123. The number of allylic oxidation sites excluding steroid dienone is 2. The van der Waals surface area contributed by atoms with Crippen molar-refractivity contribution in [3.05, 3.63) is 35.4 Å². The van der Waals surface area contributed by atoms with Crippen molar-refractivity contribution in [2.45, 2.75) is 70.6 Å². The van der Waals surface area contributed by atoms with Crippen LogP contribution in [0.3, 0.4) is 0 Å². The molecule has 1 fully saturated rings. The van der Waals surface area contributed by atoms with E-state index in [2.05, 4.69) is 24.4 Å². The van der Waals surface area contributed by atoms with Gasteiger partial charge in [0.05, 0.1) is 5.69 Å². The molecule has 6 heteroatoms. The number of benzene rings is 1. The number of carbonyl (C=O) groups is 1. The van der Waals surface area contributed by atoms with Crippen molar-refractivity contribution >= 4 is 21.7 Å². The summed E-state index contributed by atoms with van der Waals surface area (Å²) in [6.07, 6.45) is 9.85. The van der Waals surface area contributed by atoms with Crippen molar-refractivity contribution in [3.63, 3.8) is 0 Å². The fourth-order valence-corrected chi connectivity index (χ4v) is 6.38. The fraction of sp³-hybridized carbons (Fsp3) is 0.609. The van der Waals surface area contributed by atoms with Crippen molar-refractivity contribution in [1.82, 2.24) is 0 Å². The molecule has 1 saturated carbocycles. The first-order valence-electron chi connectivity index (χ1n) is 10.5. The fourth-order valence-electron chi connectivity index (χ4n) is 5.70. The number of amides is 1. The minimum absolute atomic E-state index is 0.199. The van der Waals surface area contributed by atoms with Gasteiger partial charge in [-0.2, -0.15) is 8.42 Å². The van der Waals surface area contributed by atoms with Crippen molar-refractivity contribution in [2.75, 3.05) is 5.32 Å². The van der Waals surface area contributed by atoms with Crippen LogP contribution in [0.4, 0.5) is 5.69 Å². The summed E-state index contributed by atoms with van der Waals surface area (Å²) < 4.78 is 33.9. The Morgan fingerprint density at radius 1 is 1.24 bits per heavy atom. The molecule has 2 N–H and O–H groups in total. The molecule has 0 aromatic heterocycles. The Bertz CT molecular complexity index is 989. The maximum atomic E-state index is 12.6. The van der Waals surface area contributed by atoms with E-state index in [9.17, 15) is 17.8 Å². The second-order valence-corrected chi connectivity index (χ2v) is 11.7. The topological polar surface area (TPSA) is 83.5 Å². The molecule has 0 spiro atoms. The lowest BCUT2D eigenvalue weighted by atomic mass is 9.56. The number of anilines is 1. The standard InChI is InChI=1S/C23H31NO4S/c1-22(2,3)21(25)24-19-13-17-14(12-20(19)29(26,27)28)7-8-16-15(17)9-11-23(4)10-5-6-18(16)23/h5,10,12-13,15-16,18H,6-9,11H2,1-4H3,(H,24,25)(H,26,27,28)/t15?,16?,18?,23-/m0/s1. The Balaban J connectivity index is 1.76. The first-order chi connectivity index (χ1) is 13.4. The number of carbonyl (C=O) groups excluding carboxylic acids is 1. The van der Waals surface area contributed by atoms with Crippen LogP contribution >= 0.6 is 0 Å². The largest absolute Gasteiger partial charge is 0.324 e. The molecule has 5 nitrogen and oxygen atoms in total. The summed E-state index contributed by atoms with van der Waals surface area (Å²) in [5.41, 5.74) is 1.94. The summed E-state index contributed by atoms with van der Waals surface area (Å²) in [7, 11) is -4.44. The lowest BCUT2D eigenvalue weighted by Gasteiger charge is -2.49. The molecule has 158 valence electrons. The Morgan fingerprint density at radius 2 is 1.97 bits per heavy atom. The molecule has 3 aliphatic rings. The van der Waals surface area contributed by atoms with Crippen molar-refractivity contribution in [1.29, 1.82) is 0 Å². The van der Waals surface area contributed by atoms with Gasteiger partial charge in [0, 0.05) is 5.41 Å². The van der Waals surface area contributed by atoms with E-state index in [4.69, 9.17) is 0 Å². The van der Waals surface area contributed by atoms with Crippen LogP contribution < -0.4 is 5.32 Å². The minimum atomic E-state index is -4.44. The van der Waals surface area contributed by atoms with E-state index < -0.39 is 15.5 Å². The van der Waals surface area contributed by atoms with Gasteiger partial charge in [0.25, 0.3) is 10.1 Å². The molecule has 0 saturated heterocycles. The first-order valence-corrected chi connectivity index (χ1v) is 12.0. The first kappa shape index (κ1) is 20.6. The van der Waals surface area contributed by atoms with E-state index in [0.717, 1.165) is 43.2 Å². The van der Waals surface area contributed by atoms with Gasteiger partial charge in [0.1, 0.15) is 4.90 Å². The summed E-state index contributed by atoms with van der Waals surface area (Å²) in [5, 5.41) is 2.77. The maximum absolute atomic E-state index is 12.6. The Labute approximate surface area is 173 Å². The second-order valence-electron chi connectivity index (χ2n) is 10.3. The number of nitrogens with one attached hydrogen (secondary N) is 1. The monoisotopic (exact) mass is 417 g/mol. The maximum Gasteiger partial charge on any atom is 0.296 e. The second kappa shape index (κ2) is 6.67. The molecule has 4 atom stereocenters. The molecular formula is C23H31NO4S. The van der Waals surface area contributed by atoms with Crippen molar-refractivity contribution in [3.8, 4) is 0 Å². The quantitative estimate of drug-likeness (QED) is 0.527. The zero-order chi connectivity index (χ0) is 21.2. The van der Waals surface area contributed by atoms with Crippen LogP contribution in [0.1, 0.15) is 70.4 Å². The van der Waals surface area contributed by atoms with Gasteiger partial charge in [-0.25, -0.2) is 0 Å². The molecule has 1 amide bonds. The van der Waals surface area contributed by atoms with Crippen LogP contribution in [0.2, 0.25) is 0 Å². The molecule has 1 aromatic rings. The Kier molecular flexibility index (Phi) is 4.74. The predicted octanol–water partition coefficient (Wildman–Crippen LogP) is 4.94. The van der Waals surface area contributed by atoms with Crippen LogP contribution in [0, 0.1) is 22.7 Å². The zero-order valence-corrected chi connectivity index (χ0v) is 18.5. The van der Waals surface area contributed by atoms with E-state index in [1.54, 1.807) is 26.8 Å². The summed E-state index contributed by atoms with van der Waals surface area (Å²) in [4.78, 5) is 12.4. The summed E-state index contributed by atoms with van der Waals surface area (Å²) in [6.45, 7) is 7.69. The minimum Gasteiger partial charge on any atom is -0.324 e. The van der Waals surface area contributed by atoms with Crippen molar-refractivity contribution < 1.29 is 17.8 Å². The number of hydrogen-bond acceptors (Lipinski definition) is 3.